The third-order valence-corrected chi connectivity index (χ3v) is 3.04. The average Bonchev–Trinajstić information content (AvgIpc) is 2.02. The average molecular weight is 200 g/mol. The van der Waals surface area contributed by atoms with Gasteiger partial charge in [-0.3, -0.25) is 4.98 Å². The number of nitrogen functional groups attached to an aromatic ring is 1. The zero-order valence-electron chi connectivity index (χ0n) is 7.94. The van der Waals surface area contributed by atoms with E-state index < -0.39 is 7.14 Å². The monoisotopic (exact) mass is 200 g/mol. The Morgan fingerprint density at radius 1 is 1.54 bits per heavy atom. The fraction of sp³-hybridized carbons (Fsp3) is 0.375. The molecule has 1 rings (SSSR count). The zero-order chi connectivity index (χ0) is 10.1. The molecular formula is C8H13N2O2P. The van der Waals surface area contributed by atoms with Crippen molar-refractivity contribution in [2.75, 3.05) is 26.2 Å². The molecule has 1 aromatic heterocycles. The number of rotatable bonds is 2. The van der Waals surface area contributed by atoms with Crippen LogP contribution in [0.5, 0.6) is 5.75 Å². The maximum absolute atomic E-state index is 11.7. The first-order valence-corrected chi connectivity index (χ1v) is 6.41. The van der Waals surface area contributed by atoms with E-state index in [0.717, 1.165) is 0 Å². The van der Waals surface area contributed by atoms with Gasteiger partial charge in [-0.15, -0.1) is 0 Å². The van der Waals surface area contributed by atoms with Gasteiger partial charge in [0, 0.05) is 12.3 Å². The van der Waals surface area contributed by atoms with Crippen LogP contribution in [-0.2, 0) is 4.57 Å². The Hall–Kier alpha value is -1.02. The van der Waals surface area contributed by atoms with Gasteiger partial charge in [0.2, 0.25) is 0 Å². The number of nitrogens with zero attached hydrogens (tertiary/aromatic N) is 1. The molecule has 4 nitrogen and oxygen atoms in total. The number of aromatic nitrogens is 1. The minimum Gasteiger partial charge on any atom is -0.494 e. The fourth-order valence-corrected chi connectivity index (χ4v) is 2.09. The van der Waals surface area contributed by atoms with E-state index in [9.17, 15) is 4.57 Å². The van der Waals surface area contributed by atoms with E-state index in [1.165, 1.54) is 7.11 Å². The molecule has 0 aliphatic heterocycles. The lowest BCUT2D eigenvalue weighted by Gasteiger charge is -2.11. The summed E-state index contributed by atoms with van der Waals surface area (Å²) >= 11 is 0. The van der Waals surface area contributed by atoms with E-state index in [1.807, 2.05) is 0 Å². The lowest BCUT2D eigenvalue weighted by Crippen LogP contribution is -2.14. The molecule has 0 saturated heterocycles. The Morgan fingerprint density at radius 3 is 2.62 bits per heavy atom. The van der Waals surface area contributed by atoms with Crippen LogP contribution in [0.4, 0.5) is 5.69 Å². The molecule has 0 radical (unpaired) electrons. The van der Waals surface area contributed by atoms with Gasteiger partial charge in [0.05, 0.1) is 7.11 Å². The van der Waals surface area contributed by atoms with E-state index in [2.05, 4.69) is 4.98 Å². The molecule has 0 aromatic carbocycles. The van der Waals surface area contributed by atoms with Crippen LogP contribution in [0.1, 0.15) is 0 Å². The van der Waals surface area contributed by atoms with Gasteiger partial charge < -0.3 is 15.0 Å². The second-order valence-corrected chi connectivity index (χ2v) is 6.23. The predicted molar refractivity (Wildman–Crippen MR) is 54.3 cm³/mol. The maximum Gasteiger partial charge on any atom is 0.145 e. The Balaban J connectivity index is 3.32. The second-order valence-electron chi connectivity index (χ2n) is 3.10. The maximum atomic E-state index is 11.7. The van der Waals surface area contributed by atoms with Gasteiger partial charge in [0.15, 0.2) is 0 Å². The molecule has 0 bridgehead atoms. The van der Waals surface area contributed by atoms with E-state index in [0.29, 0.717) is 16.9 Å². The number of pyridine rings is 1. The molecule has 72 valence electrons. The van der Waals surface area contributed by atoms with Crippen molar-refractivity contribution in [2.24, 2.45) is 0 Å². The molecule has 0 aliphatic rings. The fourth-order valence-electron chi connectivity index (χ4n) is 1.05. The molecule has 1 heterocycles. The van der Waals surface area contributed by atoms with Crippen molar-refractivity contribution in [2.45, 2.75) is 0 Å². The lowest BCUT2D eigenvalue weighted by molar-refractivity contribution is 0.417. The highest BCUT2D eigenvalue weighted by molar-refractivity contribution is 7.70. The predicted octanol–water partition coefficient (Wildman–Crippen LogP) is 0.920. The third kappa shape index (κ3) is 2.01. The van der Waals surface area contributed by atoms with Crippen molar-refractivity contribution < 1.29 is 9.30 Å². The number of hydrogen-bond acceptors (Lipinski definition) is 4. The summed E-state index contributed by atoms with van der Waals surface area (Å²) in [5, 5.41) is 0. The van der Waals surface area contributed by atoms with E-state index in [4.69, 9.17) is 10.5 Å². The summed E-state index contributed by atoms with van der Waals surface area (Å²) in [6, 6.07) is 1.65. The highest BCUT2D eigenvalue weighted by Crippen LogP contribution is 2.37. The summed E-state index contributed by atoms with van der Waals surface area (Å²) < 4.78 is 16.7. The van der Waals surface area contributed by atoms with E-state index in [1.54, 1.807) is 25.6 Å². The lowest BCUT2D eigenvalue weighted by atomic mass is 10.4. The van der Waals surface area contributed by atoms with E-state index >= 15 is 0 Å². The van der Waals surface area contributed by atoms with Crippen molar-refractivity contribution in [1.29, 1.82) is 0 Å². The zero-order valence-corrected chi connectivity index (χ0v) is 8.84. The molecule has 5 heteroatoms. The third-order valence-electron chi connectivity index (χ3n) is 1.66. The normalized spacial score (nSPS) is 11.3. The summed E-state index contributed by atoms with van der Waals surface area (Å²) in [7, 11) is -0.892. The van der Waals surface area contributed by atoms with Crippen molar-refractivity contribution in [3.05, 3.63) is 12.3 Å². The molecule has 0 atom stereocenters. The van der Waals surface area contributed by atoms with Gasteiger partial charge in [-0.25, -0.2) is 0 Å². The topological polar surface area (TPSA) is 65.2 Å². The SMILES string of the molecule is COc1ccnc(P(C)(C)=O)c1N. The van der Waals surface area contributed by atoms with Gasteiger partial charge in [-0.2, -0.15) is 0 Å². The van der Waals surface area contributed by atoms with Crippen LogP contribution in [0.25, 0.3) is 0 Å². The van der Waals surface area contributed by atoms with Crippen LogP contribution in [-0.4, -0.2) is 25.4 Å². The number of anilines is 1. The Bertz CT molecular complexity index is 359. The summed E-state index contributed by atoms with van der Waals surface area (Å²) in [6.07, 6.45) is 1.55. The quantitative estimate of drug-likeness (QED) is 0.721. The van der Waals surface area contributed by atoms with Gasteiger partial charge in [-0.05, 0) is 13.3 Å². The molecule has 0 amide bonds. The second kappa shape index (κ2) is 3.38. The van der Waals surface area contributed by atoms with Crippen LogP contribution in [0.15, 0.2) is 12.3 Å². The first-order chi connectivity index (χ1) is 5.96. The van der Waals surface area contributed by atoms with E-state index in [-0.39, 0.29) is 0 Å². The van der Waals surface area contributed by atoms with Gasteiger partial charge in [0.25, 0.3) is 0 Å². The molecule has 0 saturated carbocycles. The number of nitrogens with two attached hydrogens (primary N) is 1. The minimum atomic E-state index is -2.41. The van der Waals surface area contributed by atoms with Crippen molar-refractivity contribution in [3.63, 3.8) is 0 Å². The van der Waals surface area contributed by atoms with Crippen LogP contribution in [0.2, 0.25) is 0 Å². The molecule has 0 spiro atoms. The first kappa shape index (κ1) is 10.1. The van der Waals surface area contributed by atoms with Crippen molar-refractivity contribution in [3.8, 4) is 5.75 Å². The molecule has 13 heavy (non-hydrogen) atoms. The van der Waals surface area contributed by atoms with Gasteiger partial charge >= 0.3 is 0 Å². The van der Waals surface area contributed by atoms with Crippen molar-refractivity contribution in [1.82, 2.24) is 4.98 Å². The molecule has 0 fully saturated rings. The minimum absolute atomic E-state index is 0.373. The Kier molecular flexibility index (Phi) is 2.62. The highest BCUT2D eigenvalue weighted by Gasteiger charge is 2.18. The number of methoxy groups -OCH3 is 1. The summed E-state index contributed by atoms with van der Waals surface area (Å²) in [6.45, 7) is 3.26. The highest BCUT2D eigenvalue weighted by atomic mass is 31.2. The van der Waals surface area contributed by atoms with Gasteiger partial charge in [-0.1, -0.05) is 0 Å². The molecule has 0 unspecified atom stereocenters. The standard InChI is InChI=1S/C8H13N2O2P/c1-12-6-4-5-10-8(7(6)9)13(2,3)11/h4-5H,9H2,1-3H3. The molecular weight excluding hydrogens is 187 g/mol. The molecule has 0 aliphatic carbocycles. The molecule has 2 N–H and O–H groups in total. The van der Waals surface area contributed by atoms with Crippen LogP contribution < -0.4 is 15.9 Å². The summed E-state index contributed by atoms with van der Waals surface area (Å²) in [4.78, 5) is 3.99. The summed E-state index contributed by atoms with van der Waals surface area (Å²) in [5.41, 5.74) is 6.53. The van der Waals surface area contributed by atoms with Crippen LogP contribution in [0.3, 0.4) is 0 Å². The van der Waals surface area contributed by atoms with Gasteiger partial charge in [0.1, 0.15) is 24.0 Å². The van der Waals surface area contributed by atoms with Crippen molar-refractivity contribution >= 4 is 18.3 Å². The van der Waals surface area contributed by atoms with Crippen LogP contribution in [0, 0.1) is 0 Å². The number of hydrogen-bond donors (Lipinski definition) is 1. The van der Waals surface area contributed by atoms with Crippen LogP contribution >= 0.6 is 7.14 Å². The smallest absolute Gasteiger partial charge is 0.145 e. The summed E-state index contributed by atoms with van der Waals surface area (Å²) in [5.74, 6) is 0.522. The largest absolute Gasteiger partial charge is 0.494 e. The Labute approximate surface area is 77.5 Å². The number of ether oxygens (including phenoxy) is 1. The Morgan fingerprint density at radius 2 is 2.15 bits per heavy atom. The molecule has 1 aromatic rings. The first-order valence-electron chi connectivity index (χ1n) is 3.81.